The van der Waals surface area contributed by atoms with Gasteiger partial charge < -0.3 is 10.9 Å². The minimum atomic E-state index is -0.414. The summed E-state index contributed by atoms with van der Waals surface area (Å²) in [6.45, 7) is 1.59. The number of nitrogens with zero attached hydrogens (tertiary/aromatic N) is 1. The lowest BCUT2D eigenvalue weighted by Crippen LogP contribution is -2.14. The van der Waals surface area contributed by atoms with Crippen molar-refractivity contribution in [3.63, 3.8) is 0 Å². The van der Waals surface area contributed by atoms with E-state index in [0.717, 1.165) is 11.8 Å². The van der Waals surface area contributed by atoms with E-state index in [1.807, 2.05) is 0 Å². The van der Waals surface area contributed by atoms with Crippen LogP contribution in [0.3, 0.4) is 0 Å². The highest BCUT2D eigenvalue weighted by Gasteiger charge is 1.95. The molecule has 0 aromatic rings. The molecular formula is C4H8N2O2S. The molecule has 4 nitrogen and oxygen atoms in total. The zero-order chi connectivity index (χ0) is 7.28. The van der Waals surface area contributed by atoms with Gasteiger partial charge in [-0.1, -0.05) is 16.9 Å². The van der Waals surface area contributed by atoms with E-state index in [9.17, 15) is 4.79 Å². The third kappa shape index (κ3) is 5.16. The Morgan fingerprint density at radius 2 is 2.44 bits per heavy atom. The van der Waals surface area contributed by atoms with Crippen LogP contribution < -0.4 is 5.73 Å². The van der Waals surface area contributed by atoms with Gasteiger partial charge in [-0.2, -0.15) is 0 Å². The van der Waals surface area contributed by atoms with Crippen molar-refractivity contribution >= 4 is 22.7 Å². The minimum absolute atomic E-state index is 0.163. The average Bonchev–Trinajstić information content (AvgIpc) is 1.83. The molecule has 0 bridgehead atoms. The fourth-order valence-electron chi connectivity index (χ4n) is 0.204. The Balaban J connectivity index is 3.39. The predicted molar refractivity (Wildman–Crippen MR) is 36.5 cm³/mol. The molecule has 0 aliphatic carbocycles. The second-order valence-electron chi connectivity index (χ2n) is 1.37. The number of carbonyl (C=O) groups is 1. The van der Waals surface area contributed by atoms with Crippen molar-refractivity contribution in [3.05, 3.63) is 0 Å². The minimum Gasteiger partial charge on any atom is -0.410 e. The van der Waals surface area contributed by atoms with Gasteiger partial charge in [-0.05, 0) is 6.92 Å². The quantitative estimate of drug-likeness (QED) is 0.251. The Morgan fingerprint density at radius 1 is 1.89 bits per heavy atom. The summed E-state index contributed by atoms with van der Waals surface area (Å²) in [5.74, 6) is -0.251. The summed E-state index contributed by atoms with van der Waals surface area (Å²) >= 11 is 1.11. The molecule has 0 unspecified atom stereocenters. The summed E-state index contributed by atoms with van der Waals surface area (Å²) in [6.07, 6.45) is 0. The van der Waals surface area contributed by atoms with Gasteiger partial charge in [-0.25, -0.2) is 0 Å². The Bertz CT molecular complexity index is 135. The molecule has 0 spiro atoms. The third-order valence-corrected chi connectivity index (χ3v) is 1.49. The Labute approximate surface area is 57.1 Å². The maximum absolute atomic E-state index is 10.1. The Kier molecular flexibility index (Phi) is 3.87. The smallest absolute Gasteiger partial charge is 0.227 e. The number of primary amides is 1. The van der Waals surface area contributed by atoms with Gasteiger partial charge in [0.25, 0.3) is 0 Å². The first kappa shape index (κ1) is 8.29. The van der Waals surface area contributed by atoms with Gasteiger partial charge in [0.15, 0.2) is 0 Å². The summed E-state index contributed by atoms with van der Waals surface area (Å²) < 4.78 is 0. The lowest BCUT2D eigenvalue weighted by Gasteiger charge is -1.91. The van der Waals surface area contributed by atoms with E-state index >= 15 is 0 Å². The number of hydrogen-bond donors (Lipinski definition) is 2. The molecule has 0 radical (unpaired) electrons. The Morgan fingerprint density at radius 3 is 2.78 bits per heavy atom. The lowest BCUT2D eigenvalue weighted by molar-refractivity contribution is -0.115. The molecule has 0 aromatic carbocycles. The van der Waals surface area contributed by atoms with Crippen molar-refractivity contribution in [2.75, 3.05) is 5.75 Å². The molecular weight excluding hydrogens is 140 g/mol. The third-order valence-electron chi connectivity index (χ3n) is 0.564. The van der Waals surface area contributed by atoms with Crippen LogP contribution in [0.5, 0.6) is 0 Å². The van der Waals surface area contributed by atoms with Gasteiger partial charge in [-0.3, -0.25) is 4.79 Å². The molecule has 9 heavy (non-hydrogen) atoms. The van der Waals surface area contributed by atoms with Crippen molar-refractivity contribution in [1.82, 2.24) is 0 Å². The predicted octanol–water partition coefficient (Wildman–Crippen LogP) is 0.0125. The molecule has 0 rings (SSSR count). The second-order valence-corrected chi connectivity index (χ2v) is 2.54. The van der Waals surface area contributed by atoms with Crippen LogP contribution in [0.4, 0.5) is 0 Å². The van der Waals surface area contributed by atoms with Crippen LogP contribution in [0.2, 0.25) is 0 Å². The molecule has 0 aliphatic heterocycles. The maximum Gasteiger partial charge on any atom is 0.227 e. The maximum atomic E-state index is 10.1. The first-order valence-corrected chi connectivity index (χ1v) is 3.25. The fourth-order valence-corrected chi connectivity index (χ4v) is 0.613. The highest BCUT2D eigenvalue weighted by Crippen LogP contribution is 2.00. The molecule has 0 saturated carbocycles. The van der Waals surface area contributed by atoms with Crippen molar-refractivity contribution in [2.24, 2.45) is 10.9 Å². The standard InChI is InChI=1S/C4H8N2O2S/c1-3(6-8)9-2-4(5)7/h8H,2H2,1H3,(H2,5,7). The van der Waals surface area contributed by atoms with Crippen molar-refractivity contribution in [1.29, 1.82) is 0 Å². The van der Waals surface area contributed by atoms with Gasteiger partial charge in [0.2, 0.25) is 5.91 Å². The van der Waals surface area contributed by atoms with Crippen LogP contribution in [0.15, 0.2) is 5.16 Å². The molecule has 3 N–H and O–H groups in total. The van der Waals surface area contributed by atoms with Crippen LogP contribution in [-0.2, 0) is 4.79 Å². The molecule has 0 saturated heterocycles. The van der Waals surface area contributed by atoms with Crippen molar-refractivity contribution in [2.45, 2.75) is 6.92 Å². The number of hydrogen-bond acceptors (Lipinski definition) is 4. The van der Waals surface area contributed by atoms with Crippen molar-refractivity contribution in [3.8, 4) is 0 Å². The first-order chi connectivity index (χ1) is 4.16. The lowest BCUT2D eigenvalue weighted by atomic mass is 10.8. The van der Waals surface area contributed by atoms with Crippen LogP contribution in [-0.4, -0.2) is 21.9 Å². The van der Waals surface area contributed by atoms with E-state index < -0.39 is 5.91 Å². The largest absolute Gasteiger partial charge is 0.410 e. The van der Waals surface area contributed by atoms with E-state index in [4.69, 9.17) is 10.9 Å². The van der Waals surface area contributed by atoms with E-state index in [0.29, 0.717) is 5.04 Å². The highest BCUT2D eigenvalue weighted by molar-refractivity contribution is 8.14. The van der Waals surface area contributed by atoms with Crippen LogP contribution >= 0.6 is 11.8 Å². The summed E-state index contributed by atoms with van der Waals surface area (Å²) in [5, 5.41) is 11.3. The SMILES string of the molecule is CC(=NO)SCC(N)=O. The Hall–Kier alpha value is -0.710. The van der Waals surface area contributed by atoms with E-state index in [1.165, 1.54) is 0 Å². The van der Waals surface area contributed by atoms with Gasteiger partial charge in [0, 0.05) is 0 Å². The monoisotopic (exact) mass is 148 g/mol. The van der Waals surface area contributed by atoms with Gasteiger partial charge in [0.1, 0.15) is 5.04 Å². The topological polar surface area (TPSA) is 75.7 Å². The molecule has 0 aromatic heterocycles. The number of rotatable bonds is 2. The normalized spacial score (nSPS) is 11.4. The molecule has 1 amide bonds. The van der Waals surface area contributed by atoms with Crippen LogP contribution in [0.25, 0.3) is 0 Å². The molecule has 0 aliphatic rings. The van der Waals surface area contributed by atoms with E-state index in [1.54, 1.807) is 6.92 Å². The number of oxime groups is 1. The summed E-state index contributed by atoms with van der Waals surface area (Å²) in [6, 6.07) is 0. The number of carbonyl (C=O) groups excluding carboxylic acids is 1. The van der Waals surface area contributed by atoms with E-state index in [-0.39, 0.29) is 5.75 Å². The van der Waals surface area contributed by atoms with Crippen LogP contribution in [0, 0.1) is 0 Å². The zero-order valence-corrected chi connectivity index (χ0v) is 5.81. The zero-order valence-electron chi connectivity index (χ0n) is 5.00. The molecule has 0 atom stereocenters. The number of amides is 1. The highest BCUT2D eigenvalue weighted by atomic mass is 32.2. The van der Waals surface area contributed by atoms with Gasteiger partial charge in [0.05, 0.1) is 5.75 Å². The van der Waals surface area contributed by atoms with E-state index in [2.05, 4.69) is 5.16 Å². The molecule has 0 fully saturated rings. The van der Waals surface area contributed by atoms with Crippen LogP contribution in [0.1, 0.15) is 6.92 Å². The molecule has 5 heteroatoms. The average molecular weight is 148 g/mol. The molecule has 52 valence electrons. The fraction of sp³-hybridized carbons (Fsp3) is 0.500. The van der Waals surface area contributed by atoms with Gasteiger partial charge >= 0.3 is 0 Å². The molecule has 0 heterocycles. The first-order valence-electron chi connectivity index (χ1n) is 2.26. The number of thioether (sulfide) groups is 1. The summed E-state index contributed by atoms with van der Waals surface area (Å²) in [5.41, 5.74) is 4.80. The summed E-state index contributed by atoms with van der Waals surface area (Å²) in [4.78, 5) is 10.1. The number of nitrogens with two attached hydrogens (primary N) is 1. The van der Waals surface area contributed by atoms with Crippen molar-refractivity contribution < 1.29 is 10.0 Å². The van der Waals surface area contributed by atoms with Gasteiger partial charge in [-0.15, -0.1) is 0 Å². The summed E-state index contributed by atoms with van der Waals surface area (Å²) in [7, 11) is 0. The second kappa shape index (κ2) is 4.20.